The van der Waals surface area contributed by atoms with Crippen molar-refractivity contribution in [1.82, 2.24) is 14.8 Å². The number of para-hydroxylation sites is 1. The molecule has 1 aliphatic rings. The van der Waals surface area contributed by atoms with E-state index in [0.717, 1.165) is 11.3 Å². The van der Waals surface area contributed by atoms with Crippen molar-refractivity contribution >= 4 is 34.3 Å². The second-order valence-corrected chi connectivity index (χ2v) is 9.39. The van der Waals surface area contributed by atoms with Crippen LogP contribution in [0.4, 0.5) is 29.3 Å². The Morgan fingerprint density at radius 3 is 2.51 bits per heavy atom. The number of ether oxygens (including phenoxy) is 1. The van der Waals surface area contributed by atoms with Crippen LogP contribution >= 0.6 is 11.8 Å². The number of hydrogen-bond donors (Lipinski definition) is 2. The highest BCUT2D eigenvalue weighted by atomic mass is 32.2. The third-order valence-corrected chi connectivity index (χ3v) is 6.67. The molecule has 2 amide bonds. The molecule has 2 N–H and O–H groups in total. The number of nitrogens with one attached hydrogen (secondary N) is 1. The number of hydrogen-bond acceptors (Lipinski definition) is 6. The first-order valence-corrected chi connectivity index (χ1v) is 12.6. The predicted molar refractivity (Wildman–Crippen MR) is 142 cm³/mol. The molecule has 3 aromatic carbocycles. The average Bonchev–Trinajstić information content (AvgIpc) is 3.52. The highest BCUT2D eigenvalue weighted by molar-refractivity contribution is 8.14. The standard InChI is InChI=1S/C26H21F3N6O3S/c1-16-4-2-3-5-21(16)35-22(36)14-39-25(35)32-24(37)31-18-8-6-17(7-9-18)23-30-15-34(33-23)19-10-12-20(13-11-19)38-26(27,28)29/h2-13,15,22,36H,14H2,1H3,(H,31,37)/b32-25-. The SMILES string of the molecule is Cc1ccccc1N1/C(=N/C(=O)Nc2ccc(-c3ncn(-c4ccc(OC(F)(F)F)cc4)n3)cc2)SCC1O. The van der Waals surface area contributed by atoms with Gasteiger partial charge in [0, 0.05) is 22.7 Å². The minimum atomic E-state index is -4.76. The maximum absolute atomic E-state index is 12.6. The Balaban J connectivity index is 1.25. The van der Waals surface area contributed by atoms with E-state index in [4.69, 9.17) is 0 Å². The van der Waals surface area contributed by atoms with Gasteiger partial charge in [-0.1, -0.05) is 30.0 Å². The van der Waals surface area contributed by atoms with Crippen LogP contribution in [0.1, 0.15) is 5.56 Å². The molecular weight excluding hydrogens is 533 g/mol. The van der Waals surface area contributed by atoms with Gasteiger partial charge in [0.05, 0.1) is 5.69 Å². The zero-order valence-corrected chi connectivity index (χ0v) is 21.1. The van der Waals surface area contributed by atoms with E-state index in [2.05, 4.69) is 25.1 Å². The fourth-order valence-corrected chi connectivity index (χ4v) is 4.82. The number of urea groups is 1. The summed E-state index contributed by atoms with van der Waals surface area (Å²) < 4.78 is 42.4. The average molecular weight is 555 g/mol. The van der Waals surface area contributed by atoms with Gasteiger partial charge >= 0.3 is 12.4 Å². The molecule has 1 aromatic heterocycles. The topological polar surface area (TPSA) is 105 Å². The quantitative estimate of drug-likeness (QED) is 0.331. The molecule has 1 fully saturated rings. The van der Waals surface area contributed by atoms with Crippen molar-refractivity contribution in [1.29, 1.82) is 0 Å². The third-order valence-electron chi connectivity index (χ3n) is 5.66. The van der Waals surface area contributed by atoms with E-state index in [-0.39, 0.29) is 5.75 Å². The van der Waals surface area contributed by atoms with Gasteiger partial charge in [0.15, 0.2) is 11.0 Å². The number of nitrogens with zero attached hydrogens (tertiary/aromatic N) is 5. The van der Waals surface area contributed by atoms with Gasteiger partial charge in [-0.25, -0.2) is 14.5 Å². The molecule has 0 saturated carbocycles. The Morgan fingerprint density at radius 2 is 1.82 bits per heavy atom. The first-order chi connectivity index (χ1) is 18.7. The summed E-state index contributed by atoms with van der Waals surface area (Å²) in [6, 6.07) is 19.0. The summed E-state index contributed by atoms with van der Waals surface area (Å²) in [7, 11) is 0. The molecule has 1 aliphatic heterocycles. The Bertz CT molecular complexity index is 1510. The molecular formula is C26H21F3N6O3S. The third kappa shape index (κ3) is 6.21. The van der Waals surface area contributed by atoms with E-state index in [1.165, 1.54) is 47.0 Å². The monoisotopic (exact) mass is 554 g/mol. The largest absolute Gasteiger partial charge is 0.573 e. The number of alkyl halides is 3. The highest BCUT2D eigenvalue weighted by Gasteiger charge is 2.32. The number of aryl methyl sites for hydroxylation is 1. The number of amides is 2. The number of aromatic nitrogens is 3. The number of benzene rings is 3. The number of aliphatic hydroxyl groups is 1. The Hall–Kier alpha value is -4.36. The van der Waals surface area contributed by atoms with E-state index < -0.39 is 18.6 Å². The van der Waals surface area contributed by atoms with Gasteiger partial charge in [-0.3, -0.25) is 4.90 Å². The van der Waals surface area contributed by atoms with Gasteiger partial charge in [0.25, 0.3) is 0 Å². The fraction of sp³-hybridized carbons (Fsp3) is 0.154. The second kappa shape index (κ2) is 10.8. The lowest BCUT2D eigenvalue weighted by Crippen LogP contribution is -2.34. The lowest BCUT2D eigenvalue weighted by molar-refractivity contribution is -0.274. The maximum Gasteiger partial charge on any atom is 0.573 e. The molecule has 5 rings (SSSR count). The summed E-state index contributed by atoms with van der Waals surface area (Å²) >= 11 is 1.29. The molecule has 1 atom stereocenters. The number of thioether (sulfide) groups is 1. The molecule has 1 saturated heterocycles. The van der Waals surface area contributed by atoms with Gasteiger partial charge in [-0.15, -0.1) is 18.3 Å². The van der Waals surface area contributed by atoms with Gasteiger partial charge in [0.1, 0.15) is 18.3 Å². The van der Waals surface area contributed by atoms with E-state index in [9.17, 15) is 23.1 Å². The lowest BCUT2D eigenvalue weighted by Gasteiger charge is -2.23. The first-order valence-electron chi connectivity index (χ1n) is 11.6. The molecule has 9 nitrogen and oxygen atoms in total. The predicted octanol–water partition coefficient (Wildman–Crippen LogP) is 5.60. The molecule has 39 heavy (non-hydrogen) atoms. The Kier molecular flexibility index (Phi) is 7.26. The number of anilines is 2. The Labute approximate surface area is 225 Å². The molecule has 200 valence electrons. The van der Waals surface area contributed by atoms with Crippen LogP contribution in [0.25, 0.3) is 17.1 Å². The zero-order chi connectivity index (χ0) is 27.6. The van der Waals surface area contributed by atoms with E-state index in [0.29, 0.717) is 33.7 Å². The van der Waals surface area contributed by atoms with Crippen molar-refractivity contribution in [3.8, 4) is 22.8 Å². The van der Waals surface area contributed by atoms with Crippen LogP contribution in [0, 0.1) is 6.92 Å². The number of carbonyl (C=O) groups is 1. The highest BCUT2D eigenvalue weighted by Crippen LogP contribution is 2.31. The molecule has 4 aromatic rings. The van der Waals surface area contributed by atoms with Gasteiger partial charge in [-0.2, -0.15) is 4.99 Å². The molecule has 0 radical (unpaired) electrons. The van der Waals surface area contributed by atoms with Crippen LogP contribution in [0.3, 0.4) is 0 Å². The zero-order valence-electron chi connectivity index (χ0n) is 20.3. The second-order valence-electron chi connectivity index (χ2n) is 8.40. The smallest absolute Gasteiger partial charge is 0.406 e. The molecule has 0 spiro atoms. The van der Waals surface area contributed by atoms with E-state index in [1.54, 1.807) is 29.2 Å². The van der Waals surface area contributed by atoms with Crippen LogP contribution in [0.5, 0.6) is 5.75 Å². The molecule has 0 bridgehead atoms. The molecule has 13 heteroatoms. The number of rotatable bonds is 5. The summed E-state index contributed by atoms with van der Waals surface area (Å²) in [6.45, 7) is 1.92. The molecule has 0 aliphatic carbocycles. The fourth-order valence-electron chi connectivity index (χ4n) is 3.87. The first kappa shape index (κ1) is 26.3. The summed E-state index contributed by atoms with van der Waals surface area (Å²) in [6.07, 6.45) is -4.12. The van der Waals surface area contributed by atoms with E-state index in [1.807, 2.05) is 31.2 Å². The number of halogens is 3. The van der Waals surface area contributed by atoms with Gasteiger partial charge in [-0.05, 0) is 67.1 Å². The summed E-state index contributed by atoms with van der Waals surface area (Å²) in [5.41, 5.74) is 3.39. The van der Waals surface area contributed by atoms with E-state index >= 15 is 0 Å². The summed E-state index contributed by atoms with van der Waals surface area (Å²) in [4.78, 5) is 22.7. The number of carbonyl (C=O) groups excluding carboxylic acids is 1. The minimum Gasteiger partial charge on any atom is -0.406 e. The normalized spacial score (nSPS) is 16.5. The van der Waals surface area contributed by atoms with Crippen molar-refractivity contribution in [2.24, 2.45) is 4.99 Å². The molecule has 1 unspecified atom stereocenters. The van der Waals surface area contributed by atoms with Crippen molar-refractivity contribution in [2.45, 2.75) is 19.5 Å². The minimum absolute atomic E-state index is 0.333. The van der Waals surface area contributed by atoms with Gasteiger partial charge < -0.3 is 15.2 Å². The van der Waals surface area contributed by atoms with Gasteiger partial charge in [0.2, 0.25) is 0 Å². The number of aliphatic hydroxyl groups excluding tert-OH is 1. The van der Waals surface area contributed by atoms with Crippen LogP contribution in [0.15, 0.2) is 84.1 Å². The van der Waals surface area contributed by atoms with Crippen LogP contribution in [-0.2, 0) is 0 Å². The molecule has 2 heterocycles. The number of aliphatic imine (C=N–C) groups is 1. The number of amidine groups is 1. The summed E-state index contributed by atoms with van der Waals surface area (Å²) in [5, 5.41) is 17.9. The maximum atomic E-state index is 12.6. The van der Waals surface area contributed by atoms with Crippen LogP contribution in [-0.4, -0.2) is 49.4 Å². The van der Waals surface area contributed by atoms with Crippen molar-refractivity contribution in [3.05, 3.63) is 84.7 Å². The summed E-state index contributed by atoms with van der Waals surface area (Å²) in [5.74, 6) is 0.439. The van der Waals surface area contributed by atoms with Crippen molar-refractivity contribution < 1.29 is 27.8 Å². The van der Waals surface area contributed by atoms with Crippen LogP contribution in [0.2, 0.25) is 0 Å². The lowest BCUT2D eigenvalue weighted by atomic mass is 10.2. The van der Waals surface area contributed by atoms with Crippen LogP contribution < -0.4 is 15.0 Å². The van der Waals surface area contributed by atoms with Crippen molar-refractivity contribution in [2.75, 3.05) is 16.0 Å². The van der Waals surface area contributed by atoms with Crippen molar-refractivity contribution in [3.63, 3.8) is 0 Å². The Morgan fingerprint density at radius 1 is 1.10 bits per heavy atom.